The molecule has 0 spiro atoms. The Bertz CT molecular complexity index is 395. The van der Waals surface area contributed by atoms with Crippen molar-refractivity contribution in [2.75, 3.05) is 18.0 Å². The van der Waals surface area contributed by atoms with Crippen molar-refractivity contribution in [2.24, 2.45) is 11.7 Å². The Balaban J connectivity index is 2.17. The maximum atomic E-state index is 11.1. The van der Waals surface area contributed by atoms with E-state index in [4.69, 9.17) is 5.73 Å². The Labute approximate surface area is 93.9 Å². The van der Waals surface area contributed by atoms with Gasteiger partial charge in [0.05, 0.1) is 12.5 Å². The maximum Gasteiger partial charge on any atom is 0.222 e. The van der Waals surface area contributed by atoms with Crippen molar-refractivity contribution in [3.63, 3.8) is 0 Å². The highest BCUT2D eigenvalue weighted by Crippen LogP contribution is 2.24. The molecule has 1 amide bonds. The summed E-state index contributed by atoms with van der Waals surface area (Å²) in [5, 5.41) is 9.20. The van der Waals surface area contributed by atoms with Crippen LogP contribution in [-0.4, -0.2) is 29.1 Å². The molecular weight excluding hydrogens is 206 g/mol. The molecule has 0 aliphatic carbocycles. The van der Waals surface area contributed by atoms with Gasteiger partial charge < -0.3 is 15.7 Å². The molecular formula is C11H15N3O2. The van der Waals surface area contributed by atoms with Gasteiger partial charge >= 0.3 is 0 Å². The Morgan fingerprint density at radius 2 is 2.50 bits per heavy atom. The van der Waals surface area contributed by atoms with Crippen LogP contribution in [-0.2, 0) is 11.4 Å². The number of nitrogens with two attached hydrogens (primary N) is 1. The van der Waals surface area contributed by atoms with Crippen LogP contribution in [0.4, 0.5) is 5.82 Å². The van der Waals surface area contributed by atoms with Gasteiger partial charge in [-0.2, -0.15) is 0 Å². The molecule has 2 heterocycles. The first-order valence-corrected chi connectivity index (χ1v) is 5.31. The molecule has 86 valence electrons. The standard InChI is InChI=1S/C11H15N3O2/c12-10(16)8-3-5-14(6-8)11-9(7-15)2-1-4-13-11/h1-2,4,8,15H,3,5-7H2,(H2,12,16). The zero-order valence-electron chi connectivity index (χ0n) is 8.97. The van der Waals surface area contributed by atoms with Crippen LogP contribution in [0.5, 0.6) is 0 Å². The lowest BCUT2D eigenvalue weighted by Crippen LogP contribution is -2.28. The molecule has 1 aromatic heterocycles. The first kappa shape index (κ1) is 10.9. The van der Waals surface area contributed by atoms with E-state index in [1.54, 1.807) is 12.3 Å². The number of amides is 1. The van der Waals surface area contributed by atoms with Gasteiger partial charge in [-0.15, -0.1) is 0 Å². The molecule has 1 fully saturated rings. The van der Waals surface area contributed by atoms with E-state index in [0.717, 1.165) is 24.3 Å². The fourth-order valence-electron chi connectivity index (χ4n) is 2.02. The summed E-state index contributed by atoms with van der Waals surface area (Å²) in [6.45, 7) is 1.32. The number of aliphatic hydroxyl groups is 1. The lowest BCUT2D eigenvalue weighted by Gasteiger charge is -2.19. The Hall–Kier alpha value is -1.62. The minimum Gasteiger partial charge on any atom is -0.392 e. The van der Waals surface area contributed by atoms with Gasteiger partial charge in [0.25, 0.3) is 0 Å². The highest BCUT2D eigenvalue weighted by atomic mass is 16.3. The summed E-state index contributed by atoms with van der Waals surface area (Å²) in [4.78, 5) is 17.3. The fraction of sp³-hybridized carbons (Fsp3) is 0.455. The SMILES string of the molecule is NC(=O)C1CCN(c2ncccc2CO)C1. The molecule has 5 heteroatoms. The van der Waals surface area contributed by atoms with Crippen LogP contribution in [0.25, 0.3) is 0 Å². The van der Waals surface area contributed by atoms with Gasteiger partial charge in [0.1, 0.15) is 5.82 Å². The fourth-order valence-corrected chi connectivity index (χ4v) is 2.02. The zero-order valence-corrected chi connectivity index (χ0v) is 8.97. The molecule has 3 N–H and O–H groups in total. The molecule has 5 nitrogen and oxygen atoms in total. The molecule has 1 aromatic rings. The molecule has 2 rings (SSSR count). The molecule has 1 saturated heterocycles. The normalized spacial score (nSPS) is 20.1. The number of aromatic nitrogens is 1. The van der Waals surface area contributed by atoms with Crippen molar-refractivity contribution in [1.29, 1.82) is 0 Å². The summed E-state index contributed by atoms with van der Waals surface area (Å²) in [5.74, 6) is 0.395. The van der Waals surface area contributed by atoms with E-state index in [1.807, 2.05) is 11.0 Å². The number of primary amides is 1. The first-order valence-electron chi connectivity index (χ1n) is 5.31. The second-order valence-corrected chi connectivity index (χ2v) is 3.98. The second kappa shape index (κ2) is 4.49. The molecule has 0 aromatic carbocycles. The molecule has 0 radical (unpaired) electrons. The molecule has 1 unspecified atom stereocenters. The van der Waals surface area contributed by atoms with Crippen LogP contribution in [0.1, 0.15) is 12.0 Å². The Morgan fingerprint density at radius 3 is 3.12 bits per heavy atom. The number of anilines is 1. The van der Waals surface area contributed by atoms with Crippen molar-refractivity contribution >= 4 is 11.7 Å². The molecule has 1 aliphatic heterocycles. The smallest absolute Gasteiger partial charge is 0.222 e. The summed E-state index contributed by atoms with van der Waals surface area (Å²) in [6.07, 6.45) is 2.45. The van der Waals surface area contributed by atoms with Gasteiger partial charge in [0.15, 0.2) is 0 Å². The Morgan fingerprint density at radius 1 is 1.69 bits per heavy atom. The van der Waals surface area contributed by atoms with E-state index >= 15 is 0 Å². The second-order valence-electron chi connectivity index (χ2n) is 3.98. The highest BCUT2D eigenvalue weighted by Gasteiger charge is 2.28. The molecule has 1 atom stereocenters. The maximum absolute atomic E-state index is 11.1. The third-order valence-corrected chi connectivity index (χ3v) is 2.93. The topological polar surface area (TPSA) is 79.5 Å². The number of hydrogen-bond donors (Lipinski definition) is 2. The lowest BCUT2D eigenvalue weighted by atomic mass is 10.1. The minimum atomic E-state index is -0.260. The molecule has 0 saturated carbocycles. The summed E-state index contributed by atoms with van der Waals surface area (Å²) < 4.78 is 0. The minimum absolute atomic E-state index is 0.0408. The van der Waals surface area contributed by atoms with Crippen molar-refractivity contribution < 1.29 is 9.90 Å². The average Bonchev–Trinajstić information content (AvgIpc) is 2.78. The third kappa shape index (κ3) is 1.99. The number of hydrogen-bond acceptors (Lipinski definition) is 4. The van der Waals surface area contributed by atoms with Gasteiger partial charge in [-0.05, 0) is 12.5 Å². The third-order valence-electron chi connectivity index (χ3n) is 2.93. The van der Waals surface area contributed by atoms with Crippen LogP contribution < -0.4 is 10.6 Å². The van der Waals surface area contributed by atoms with E-state index in [-0.39, 0.29) is 18.4 Å². The van der Waals surface area contributed by atoms with Gasteiger partial charge in [0, 0.05) is 24.8 Å². The predicted molar refractivity (Wildman–Crippen MR) is 59.7 cm³/mol. The predicted octanol–water partition coefficient (Wildman–Crippen LogP) is -0.115. The van der Waals surface area contributed by atoms with E-state index < -0.39 is 0 Å². The molecule has 16 heavy (non-hydrogen) atoms. The quantitative estimate of drug-likeness (QED) is 0.746. The monoisotopic (exact) mass is 221 g/mol. The summed E-state index contributed by atoms with van der Waals surface area (Å²) in [7, 11) is 0. The van der Waals surface area contributed by atoms with Crippen LogP contribution in [0.15, 0.2) is 18.3 Å². The highest BCUT2D eigenvalue weighted by molar-refractivity contribution is 5.78. The van der Waals surface area contributed by atoms with Crippen molar-refractivity contribution in [1.82, 2.24) is 4.98 Å². The van der Waals surface area contributed by atoms with Crippen molar-refractivity contribution in [2.45, 2.75) is 13.0 Å². The van der Waals surface area contributed by atoms with E-state index in [2.05, 4.69) is 4.98 Å². The average molecular weight is 221 g/mol. The first-order chi connectivity index (χ1) is 7.72. The number of rotatable bonds is 3. The van der Waals surface area contributed by atoms with Crippen LogP contribution >= 0.6 is 0 Å². The number of carbonyl (C=O) groups excluding carboxylic acids is 1. The Kier molecular flexibility index (Phi) is 3.05. The van der Waals surface area contributed by atoms with Gasteiger partial charge in [-0.3, -0.25) is 4.79 Å². The number of carbonyl (C=O) groups is 1. The van der Waals surface area contributed by atoms with Gasteiger partial charge in [-0.1, -0.05) is 6.07 Å². The zero-order chi connectivity index (χ0) is 11.5. The summed E-state index contributed by atoms with van der Waals surface area (Å²) in [5.41, 5.74) is 6.06. The largest absolute Gasteiger partial charge is 0.392 e. The van der Waals surface area contributed by atoms with Crippen LogP contribution in [0.3, 0.4) is 0 Å². The van der Waals surface area contributed by atoms with E-state index in [1.165, 1.54) is 0 Å². The van der Waals surface area contributed by atoms with Gasteiger partial charge in [-0.25, -0.2) is 4.98 Å². The van der Waals surface area contributed by atoms with Gasteiger partial charge in [0.2, 0.25) is 5.91 Å². The summed E-state index contributed by atoms with van der Waals surface area (Å²) in [6, 6.07) is 3.62. The number of pyridine rings is 1. The van der Waals surface area contributed by atoms with Crippen molar-refractivity contribution in [3.8, 4) is 0 Å². The van der Waals surface area contributed by atoms with Crippen molar-refractivity contribution in [3.05, 3.63) is 23.9 Å². The summed E-state index contributed by atoms with van der Waals surface area (Å²) >= 11 is 0. The number of nitrogens with zero attached hydrogens (tertiary/aromatic N) is 2. The lowest BCUT2D eigenvalue weighted by molar-refractivity contribution is -0.121. The van der Waals surface area contributed by atoms with E-state index in [0.29, 0.717) is 6.54 Å². The molecule has 0 bridgehead atoms. The number of aliphatic hydroxyl groups excluding tert-OH is 1. The van der Waals surface area contributed by atoms with Crippen LogP contribution in [0.2, 0.25) is 0 Å². The molecule has 1 aliphatic rings. The van der Waals surface area contributed by atoms with E-state index in [9.17, 15) is 9.90 Å². The van der Waals surface area contributed by atoms with Crippen LogP contribution in [0, 0.1) is 5.92 Å².